The molecular weight excluding hydrogens is 174 g/mol. The van der Waals surface area contributed by atoms with Crippen LogP contribution in [-0.4, -0.2) is 11.1 Å². The van der Waals surface area contributed by atoms with Crippen LogP contribution in [0.4, 0.5) is 0 Å². The van der Waals surface area contributed by atoms with E-state index < -0.39 is 5.97 Å². The minimum atomic E-state index is -0.853. The first-order valence-electron chi connectivity index (χ1n) is 3.63. The molecule has 0 aliphatic carbocycles. The van der Waals surface area contributed by atoms with Gasteiger partial charge in [-0.3, -0.25) is 4.79 Å². The highest BCUT2D eigenvalue weighted by Crippen LogP contribution is 2.22. The van der Waals surface area contributed by atoms with Gasteiger partial charge in [0.15, 0.2) is 0 Å². The number of thiophene rings is 1. The second-order valence-corrected chi connectivity index (χ2v) is 3.97. The van der Waals surface area contributed by atoms with Gasteiger partial charge in [-0.1, -0.05) is 0 Å². The van der Waals surface area contributed by atoms with Crippen molar-refractivity contribution < 1.29 is 9.90 Å². The minimum Gasteiger partial charge on any atom is -0.481 e. The SMILES string of the molecule is Cc1ccc([C@H](N)CC(=O)O)s1. The molecule has 0 bridgehead atoms. The van der Waals surface area contributed by atoms with Gasteiger partial charge in [0.2, 0.25) is 0 Å². The first-order valence-corrected chi connectivity index (χ1v) is 4.45. The van der Waals surface area contributed by atoms with Gasteiger partial charge in [0.25, 0.3) is 0 Å². The molecule has 0 saturated carbocycles. The summed E-state index contributed by atoms with van der Waals surface area (Å²) in [5.74, 6) is -0.853. The Morgan fingerprint density at radius 1 is 1.75 bits per heavy atom. The van der Waals surface area contributed by atoms with Crippen molar-refractivity contribution in [1.82, 2.24) is 0 Å². The number of hydrogen-bond donors (Lipinski definition) is 2. The van der Waals surface area contributed by atoms with E-state index >= 15 is 0 Å². The summed E-state index contributed by atoms with van der Waals surface area (Å²) in [6.45, 7) is 1.97. The molecule has 0 unspecified atom stereocenters. The number of nitrogens with two attached hydrogens (primary N) is 1. The molecular formula is C8H11NO2S. The predicted octanol–water partition coefficient (Wildman–Crippen LogP) is 1.53. The third-order valence-corrected chi connectivity index (χ3v) is 2.65. The third kappa shape index (κ3) is 2.32. The number of carbonyl (C=O) groups is 1. The quantitative estimate of drug-likeness (QED) is 0.750. The maximum atomic E-state index is 10.3. The van der Waals surface area contributed by atoms with Crippen LogP contribution < -0.4 is 5.73 Å². The van der Waals surface area contributed by atoms with Crippen molar-refractivity contribution in [2.45, 2.75) is 19.4 Å². The molecule has 3 nitrogen and oxygen atoms in total. The van der Waals surface area contributed by atoms with E-state index in [1.807, 2.05) is 19.1 Å². The number of rotatable bonds is 3. The molecule has 4 heteroatoms. The van der Waals surface area contributed by atoms with Crippen molar-refractivity contribution in [3.05, 3.63) is 21.9 Å². The van der Waals surface area contributed by atoms with Crippen LogP contribution in [0.2, 0.25) is 0 Å². The molecule has 0 saturated heterocycles. The van der Waals surface area contributed by atoms with E-state index in [9.17, 15) is 4.79 Å². The molecule has 0 radical (unpaired) electrons. The average molecular weight is 185 g/mol. The molecule has 0 aromatic carbocycles. The van der Waals surface area contributed by atoms with Gasteiger partial charge in [0, 0.05) is 15.8 Å². The second-order valence-electron chi connectivity index (χ2n) is 2.65. The topological polar surface area (TPSA) is 63.3 Å². The average Bonchev–Trinajstić information content (AvgIpc) is 2.34. The van der Waals surface area contributed by atoms with Crippen molar-refractivity contribution in [2.75, 3.05) is 0 Å². The molecule has 1 rings (SSSR count). The van der Waals surface area contributed by atoms with Gasteiger partial charge in [-0.2, -0.15) is 0 Å². The summed E-state index contributed by atoms with van der Waals surface area (Å²) in [5, 5.41) is 8.48. The van der Waals surface area contributed by atoms with E-state index in [1.54, 1.807) is 11.3 Å². The summed E-state index contributed by atoms with van der Waals surface area (Å²) in [6, 6.07) is 3.47. The molecule has 0 spiro atoms. The van der Waals surface area contributed by atoms with Crippen LogP contribution >= 0.6 is 11.3 Å². The van der Waals surface area contributed by atoms with E-state index in [-0.39, 0.29) is 12.5 Å². The fourth-order valence-corrected chi connectivity index (χ4v) is 1.82. The molecule has 0 fully saturated rings. The molecule has 12 heavy (non-hydrogen) atoms. The zero-order chi connectivity index (χ0) is 9.14. The highest BCUT2D eigenvalue weighted by molar-refractivity contribution is 7.12. The normalized spacial score (nSPS) is 12.8. The van der Waals surface area contributed by atoms with Crippen LogP contribution in [0.3, 0.4) is 0 Å². The van der Waals surface area contributed by atoms with E-state index in [0.717, 1.165) is 9.75 Å². The molecule has 0 amide bonds. The first kappa shape index (κ1) is 9.22. The summed E-state index contributed by atoms with van der Waals surface area (Å²) in [5.41, 5.74) is 5.64. The monoisotopic (exact) mass is 185 g/mol. The van der Waals surface area contributed by atoms with Crippen LogP contribution in [0.5, 0.6) is 0 Å². The fraction of sp³-hybridized carbons (Fsp3) is 0.375. The largest absolute Gasteiger partial charge is 0.481 e. The van der Waals surface area contributed by atoms with Gasteiger partial charge in [0.1, 0.15) is 0 Å². The fourth-order valence-electron chi connectivity index (χ4n) is 0.941. The smallest absolute Gasteiger partial charge is 0.305 e. The molecule has 66 valence electrons. The number of carboxylic acids is 1. The van der Waals surface area contributed by atoms with Crippen molar-refractivity contribution in [3.63, 3.8) is 0 Å². The third-order valence-electron chi connectivity index (χ3n) is 1.52. The number of hydrogen-bond acceptors (Lipinski definition) is 3. The van der Waals surface area contributed by atoms with Crippen LogP contribution in [0.25, 0.3) is 0 Å². The molecule has 1 aromatic rings. The van der Waals surface area contributed by atoms with Gasteiger partial charge < -0.3 is 10.8 Å². The van der Waals surface area contributed by atoms with Crippen molar-refractivity contribution in [3.8, 4) is 0 Å². The van der Waals surface area contributed by atoms with Crippen molar-refractivity contribution in [2.24, 2.45) is 5.73 Å². The summed E-state index contributed by atoms with van der Waals surface area (Å²) in [6.07, 6.45) is -0.0000463. The predicted molar refractivity (Wildman–Crippen MR) is 48.2 cm³/mol. The molecule has 1 aromatic heterocycles. The van der Waals surface area contributed by atoms with Gasteiger partial charge >= 0.3 is 5.97 Å². The Morgan fingerprint density at radius 2 is 2.42 bits per heavy atom. The van der Waals surface area contributed by atoms with Crippen LogP contribution in [-0.2, 0) is 4.79 Å². The van der Waals surface area contributed by atoms with Crippen molar-refractivity contribution >= 4 is 17.3 Å². The first-order chi connectivity index (χ1) is 5.59. The van der Waals surface area contributed by atoms with Crippen LogP contribution in [0, 0.1) is 6.92 Å². The number of aliphatic carboxylic acids is 1. The second kappa shape index (κ2) is 3.69. The lowest BCUT2D eigenvalue weighted by atomic mass is 10.2. The Kier molecular flexibility index (Phi) is 2.83. The standard InChI is InChI=1S/C8H11NO2S/c1-5-2-3-7(12-5)6(9)4-8(10)11/h2-3,6H,4,9H2,1H3,(H,10,11)/t6-/m1/s1. The van der Waals surface area contributed by atoms with E-state index in [4.69, 9.17) is 10.8 Å². The Bertz CT molecular complexity index is 282. The van der Waals surface area contributed by atoms with Crippen LogP contribution in [0.1, 0.15) is 22.2 Å². The van der Waals surface area contributed by atoms with E-state index in [1.165, 1.54) is 0 Å². The summed E-state index contributed by atoms with van der Waals surface area (Å²) in [4.78, 5) is 12.4. The Morgan fingerprint density at radius 3 is 2.83 bits per heavy atom. The van der Waals surface area contributed by atoms with Gasteiger partial charge in [-0.25, -0.2) is 0 Å². The maximum Gasteiger partial charge on any atom is 0.305 e. The number of carboxylic acid groups (broad SMARTS) is 1. The lowest BCUT2D eigenvalue weighted by Crippen LogP contribution is -2.13. The summed E-state index contributed by atoms with van der Waals surface area (Å²) < 4.78 is 0. The van der Waals surface area contributed by atoms with Gasteiger partial charge in [0.05, 0.1) is 6.42 Å². The Hall–Kier alpha value is -0.870. The summed E-state index contributed by atoms with van der Waals surface area (Å²) in [7, 11) is 0. The molecule has 0 aliphatic rings. The molecule has 3 N–H and O–H groups in total. The highest BCUT2D eigenvalue weighted by atomic mass is 32.1. The van der Waals surface area contributed by atoms with E-state index in [0.29, 0.717) is 0 Å². The molecule has 0 aliphatic heterocycles. The zero-order valence-corrected chi connectivity index (χ0v) is 7.60. The van der Waals surface area contributed by atoms with Gasteiger partial charge in [-0.05, 0) is 19.1 Å². The maximum absolute atomic E-state index is 10.3. The van der Waals surface area contributed by atoms with E-state index in [2.05, 4.69) is 0 Å². The zero-order valence-electron chi connectivity index (χ0n) is 6.78. The lowest BCUT2D eigenvalue weighted by molar-refractivity contribution is -0.137. The lowest BCUT2D eigenvalue weighted by Gasteiger charge is -2.04. The van der Waals surface area contributed by atoms with Crippen molar-refractivity contribution in [1.29, 1.82) is 0 Å². The molecule has 1 atom stereocenters. The Balaban J connectivity index is 2.64. The minimum absolute atomic E-state index is 0.0000463. The van der Waals surface area contributed by atoms with Gasteiger partial charge in [-0.15, -0.1) is 11.3 Å². The summed E-state index contributed by atoms with van der Waals surface area (Å²) >= 11 is 1.55. The molecule has 1 heterocycles. The number of aryl methyl sites for hydroxylation is 1. The Labute approximate surface area is 74.8 Å². The van der Waals surface area contributed by atoms with Crippen LogP contribution in [0.15, 0.2) is 12.1 Å². The highest BCUT2D eigenvalue weighted by Gasteiger charge is 2.11.